The van der Waals surface area contributed by atoms with Gasteiger partial charge < -0.3 is 9.84 Å². The van der Waals surface area contributed by atoms with Crippen molar-refractivity contribution in [3.8, 4) is 0 Å². The quantitative estimate of drug-likeness (QED) is 0.792. The van der Waals surface area contributed by atoms with Gasteiger partial charge in [0.05, 0.1) is 18.6 Å². The molecule has 0 atom stereocenters. The fourth-order valence-electron chi connectivity index (χ4n) is 1.71. The average Bonchev–Trinajstić information content (AvgIpc) is 2.15. The number of benzene rings is 1. The zero-order valence-corrected chi connectivity index (χ0v) is 8.52. The third kappa shape index (κ3) is 1.97. The third-order valence-corrected chi connectivity index (χ3v) is 2.66. The summed E-state index contributed by atoms with van der Waals surface area (Å²) in [5, 5.41) is 8.60. The summed E-state index contributed by atoms with van der Waals surface area (Å²) in [6, 6.07) is 6.16. The van der Waals surface area contributed by atoms with Gasteiger partial charge in [-0.15, -0.1) is 0 Å². The summed E-state index contributed by atoms with van der Waals surface area (Å²) in [4.78, 5) is 10.5. The van der Waals surface area contributed by atoms with Crippen molar-refractivity contribution >= 4 is 5.97 Å². The van der Waals surface area contributed by atoms with Crippen LogP contribution in [0.15, 0.2) is 36.4 Å². The highest BCUT2D eigenvalue weighted by Gasteiger charge is 2.38. The van der Waals surface area contributed by atoms with E-state index in [2.05, 4.69) is 0 Å². The first-order valence-electron chi connectivity index (χ1n) is 4.88. The molecule has 1 saturated heterocycles. The van der Waals surface area contributed by atoms with Gasteiger partial charge in [0.2, 0.25) is 0 Å². The standard InChI is InChI=1S/C12H11FO3/c13-10-3-1-2-9(6-10)12(7-16-8-12)5-4-11(14)15/h1-6H,7-8H2,(H,14,15)/b5-4+. The maximum Gasteiger partial charge on any atom is 0.328 e. The Morgan fingerprint density at radius 1 is 1.50 bits per heavy atom. The summed E-state index contributed by atoms with van der Waals surface area (Å²) < 4.78 is 18.2. The van der Waals surface area contributed by atoms with Gasteiger partial charge in [-0.2, -0.15) is 0 Å². The van der Waals surface area contributed by atoms with Crippen LogP contribution in [0.3, 0.4) is 0 Å². The maximum absolute atomic E-state index is 13.1. The van der Waals surface area contributed by atoms with Crippen molar-refractivity contribution in [1.29, 1.82) is 0 Å². The van der Waals surface area contributed by atoms with Crippen LogP contribution in [0.5, 0.6) is 0 Å². The van der Waals surface area contributed by atoms with Gasteiger partial charge in [-0.25, -0.2) is 9.18 Å². The lowest BCUT2D eigenvalue weighted by Gasteiger charge is -2.39. The Hall–Kier alpha value is -1.68. The number of aliphatic carboxylic acids is 1. The van der Waals surface area contributed by atoms with Crippen LogP contribution in [0.25, 0.3) is 0 Å². The first-order chi connectivity index (χ1) is 7.62. The number of hydrogen-bond acceptors (Lipinski definition) is 2. The second-order valence-corrected chi connectivity index (χ2v) is 3.83. The number of halogens is 1. The largest absolute Gasteiger partial charge is 0.478 e. The van der Waals surface area contributed by atoms with Crippen molar-refractivity contribution in [2.75, 3.05) is 13.2 Å². The summed E-state index contributed by atoms with van der Waals surface area (Å²) in [7, 11) is 0. The molecule has 84 valence electrons. The molecule has 4 heteroatoms. The molecule has 0 bridgehead atoms. The van der Waals surface area contributed by atoms with E-state index in [1.165, 1.54) is 12.1 Å². The molecule has 0 aliphatic carbocycles. The lowest BCUT2D eigenvalue weighted by molar-refractivity contribution is -0.131. The molecule has 1 aliphatic heterocycles. The van der Waals surface area contributed by atoms with E-state index in [0.29, 0.717) is 13.2 Å². The minimum atomic E-state index is -1.01. The summed E-state index contributed by atoms with van der Waals surface area (Å²) in [6.07, 6.45) is 2.64. The molecule has 1 aromatic rings. The highest BCUT2D eigenvalue weighted by atomic mass is 19.1. The van der Waals surface area contributed by atoms with Crippen molar-refractivity contribution < 1.29 is 19.0 Å². The second kappa shape index (κ2) is 4.06. The van der Waals surface area contributed by atoms with Gasteiger partial charge in [-0.05, 0) is 17.7 Å². The fourth-order valence-corrected chi connectivity index (χ4v) is 1.71. The minimum absolute atomic E-state index is 0.326. The molecule has 0 unspecified atom stereocenters. The number of carboxylic acid groups (broad SMARTS) is 1. The molecule has 1 heterocycles. The molecule has 3 nitrogen and oxygen atoms in total. The number of hydrogen-bond donors (Lipinski definition) is 1. The van der Waals surface area contributed by atoms with Crippen LogP contribution in [0, 0.1) is 5.82 Å². The van der Waals surface area contributed by atoms with Gasteiger partial charge in [0.15, 0.2) is 0 Å². The molecule has 1 N–H and O–H groups in total. The van der Waals surface area contributed by atoms with Crippen LogP contribution in [0.2, 0.25) is 0 Å². The van der Waals surface area contributed by atoms with Crippen molar-refractivity contribution in [1.82, 2.24) is 0 Å². The molecular weight excluding hydrogens is 211 g/mol. The van der Waals surface area contributed by atoms with Crippen molar-refractivity contribution in [2.45, 2.75) is 5.41 Å². The molecular formula is C12H11FO3. The molecule has 0 amide bonds. The first kappa shape index (κ1) is 10.8. The first-order valence-corrected chi connectivity index (χ1v) is 4.88. The molecule has 0 spiro atoms. The molecule has 16 heavy (non-hydrogen) atoms. The topological polar surface area (TPSA) is 46.5 Å². The van der Waals surface area contributed by atoms with Crippen molar-refractivity contribution in [3.05, 3.63) is 47.8 Å². The normalized spacial score (nSPS) is 18.3. The Kier molecular flexibility index (Phi) is 2.75. The van der Waals surface area contributed by atoms with Gasteiger partial charge in [-0.1, -0.05) is 18.2 Å². The van der Waals surface area contributed by atoms with Gasteiger partial charge in [0, 0.05) is 6.08 Å². The molecule has 0 radical (unpaired) electrons. The Morgan fingerprint density at radius 3 is 2.75 bits per heavy atom. The van der Waals surface area contributed by atoms with Crippen LogP contribution in [0.1, 0.15) is 5.56 Å². The van der Waals surface area contributed by atoms with E-state index in [9.17, 15) is 9.18 Å². The van der Waals surface area contributed by atoms with E-state index >= 15 is 0 Å². The third-order valence-electron chi connectivity index (χ3n) is 2.66. The smallest absolute Gasteiger partial charge is 0.328 e. The molecule has 0 aromatic heterocycles. The minimum Gasteiger partial charge on any atom is -0.478 e. The summed E-state index contributed by atoms with van der Waals surface area (Å²) in [5.41, 5.74) is 0.261. The van der Waals surface area contributed by atoms with Crippen LogP contribution < -0.4 is 0 Å². The van der Waals surface area contributed by atoms with Crippen LogP contribution in [-0.4, -0.2) is 24.3 Å². The number of carbonyl (C=O) groups is 1. The Morgan fingerprint density at radius 2 is 2.25 bits per heavy atom. The molecule has 1 aliphatic rings. The summed E-state index contributed by atoms with van der Waals surface area (Å²) >= 11 is 0. The highest BCUT2D eigenvalue weighted by molar-refractivity contribution is 5.80. The van der Waals surface area contributed by atoms with E-state index in [1.807, 2.05) is 0 Å². The fraction of sp³-hybridized carbons (Fsp3) is 0.250. The van der Waals surface area contributed by atoms with Crippen LogP contribution in [0.4, 0.5) is 4.39 Å². The molecule has 2 rings (SSSR count). The zero-order chi connectivity index (χ0) is 11.6. The van der Waals surface area contributed by atoms with E-state index in [4.69, 9.17) is 9.84 Å². The SMILES string of the molecule is O=C(O)/C=C/C1(c2cccc(F)c2)COC1. The predicted molar refractivity (Wildman–Crippen MR) is 55.7 cm³/mol. The van der Waals surface area contributed by atoms with Crippen molar-refractivity contribution in [2.24, 2.45) is 0 Å². The Labute approximate surface area is 92.2 Å². The number of carboxylic acids is 1. The van der Waals surface area contributed by atoms with Gasteiger partial charge in [0.1, 0.15) is 5.82 Å². The molecule has 0 saturated carbocycles. The monoisotopic (exact) mass is 222 g/mol. The number of ether oxygens (including phenoxy) is 1. The van der Waals surface area contributed by atoms with E-state index < -0.39 is 11.4 Å². The maximum atomic E-state index is 13.1. The van der Waals surface area contributed by atoms with Crippen LogP contribution >= 0.6 is 0 Å². The highest BCUT2D eigenvalue weighted by Crippen LogP contribution is 2.34. The summed E-state index contributed by atoms with van der Waals surface area (Å²) in [5.74, 6) is -1.34. The Balaban J connectivity index is 2.31. The van der Waals surface area contributed by atoms with Gasteiger partial charge in [0.25, 0.3) is 0 Å². The van der Waals surface area contributed by atoms with E-state index in [1.54, 1.807) is 18.2 Å². The lowest BCUT2D eigenvalue weighted by atomic mass is 9.78. The second-order valence-electron chi connectivity index (χ2n) is 3.83. The van der Waals surface area contributed by atoms with Crippen LogP contribution in [-0.2, 0) is 14.9 Å². The average molecular weight is 222 g/mol. The van der Waals surface area contributed by atoms with Gasteiger partial charge >= 0.3 is 5.97 Å². The van der Waals surface area contributed by atoms with Crippen molar-refractivity contribution in [3.63, 3.8) is 0 Å². The molecule has 1 aromatic carbocycles. The lowest BCUT2D eigenvalue weighted by Crippen LogP contribution is -2.45. The molecule has 1 fully saturated rings. The van der Waals surface area contributed by atoms with E-state index in [-0.39, 0.29) is 5.82 Å². The predicted octanol–water partition coefficient (Wildman–Crippen LogP) is 1.73. The zero-order valence-electron chi connectivity index (χ0n) is 8.52. The van der Waals surface area contributed by atoms with Gasteiger partial charge in [-0.3, -0.25) is 0 Å². The Bertz CT molecular complexity index is 436. The summed E-state index contributed by atoms with van der Waals surface area (Å²) in [6.45, 7) is 0.778. The number of rotatable bonds is 3. The van der Waals surface area contributed by atoms with E-state index in [0.717, 1.165) is 11.6 Å².